The van der Waals surface area contributed by atoms with Crippen molar-refractivity contribution >= 4 is 40.5 Å². The molecule has 0 aliphatic carbocycles. The first-order chi connectivity index (χ1) is 17.0. The monoisotopic (exact) mass is 488 g/mol. The summed E-state index contributed by atoms with van der Waals surface area (Å²) in [5.74, 6) is 0.470. The number of hydrazone groups is 1. The number of esters is 1. The molecule has 0 saturated carbocycles. The molecule has 176 valence electrons. The average molecular weight is 489 g/mol. The van der Waals surface area contributed by atoms with Crippen molar-refractivity contribution in [3.8, 4) is 17.2 Å². The number of methoxy groups -OCH3 is 1. The minimum atomic E-state index is -0.530. The van der Waals surface area contributed by atoms with Crippen molar-refractivity contribution < 1.29 is 23.8 Å². The number of halogens is 1. The molecule has 0 fully saturated rings. The lowest BCUT2D eigenvalue weighted by molar-refractivity contribution is -0.123. The third-order valence-corrected chi connectivity index (χ3v) is 5.28. The molecule has 0 heterocycles. The second kappa shape index (κ2) is 11.2. The predicted molar refractivity (Wildman–Crippen MR) is 135 cm³/mol. The highest BCUT2D eigenvalue weighted by Crippen LogP contribution is 2.27. The topological polar surface area (TPSA) is 86.2 Å². The van der Waals surface area contributed by atoms with Crippen LogP contribution in [0.5, 0.6) is 17.2 Å². The van der Waals surface area contributed by atoms with E-state index >= 15 is 0 Å². The number of ether oxygens (including phenoxy) is 3. The Balaban J connectivity index is 1.49. The maximum Gasteiger partial charge on any atom is 0.343 e. The smallest absolute Gasteiger partial charge is 0.343 e. The standard InChI is InChI=1S/C27H21ClN2O5/c1-33-21-11-6-19(7-12-21)27(32)35-25-15-8-18-4-2-3-5-23(18)24(25)16-29-30-26(31)17-34-22-13-9-20(28)10-14-22/h2-16H,17H2,1H3,(H,30,31)/b29-16+. The normalized spacial score (nSPS) is 10.8. The zero-order valence-electron chi connectivity index (χ0n) is 18.7. The van der Waals surface area contributed by atoms with Crippen molar-refractivity contribution in [2.75, 3.05) is 13.7 Å². The molecule has 0 saturated heterocycles. The third kappa shape index (κ3) is 6.16. The van der Waals surface area contributed by atoms with E-state index in [2.05, 4.69) is 10.5 Å². The molecular formula is C27H21ClN2O5. The van der Waals surface area contributed by atoms with Gasteiger partial charge in [0.25, 0.3) is 5.91 Å². The highest BCUT2D eigenvalue weighted by atomic mass is 35.5. The number of carbonyl (C=O) groups is 2. The lowest BCUT2D eigenvalue weighted by atomic mass is 10.0. The number of benzene rings is 4. The van der Waals surface area contributed by atoms with Crippen LogP contribution in [0.25, 0.3) is 10.8 Å². The number of amides is 1. The summed E-state index contributed by atoms with van der Waals surface area (Å²) in [6.45, 7) is -0.228. The van der Waals surface area contributed by atoms with Gasteiger partial charge in [-0.05, 0) is 65.4 Å². The van der Waals surface area contributed by atoms with Crippen LogP contribution in [-0.2, 0) is 4.79 Å². The Labute approximate surface area is 206 Å². The number of nitrogens with one attached hydrogen (secondary N) is 1. The molecule has 0 bridgehead atoms. The quantitative estimate of drug-likeness (QED) is 0.158. The van der Waals surface area contributed by atoms with Gasteiger partial charge in [-0.1, -0.05) is 41.9 Å². The lowest BCUT2D eigenvalue weighted by Crippen LogP contribution is -2.24. The maximum atomic E-state index is 12.7. The molecular weight excluding hydrogens is 468 g/mol. The van der Waals surface area contributed by atoms with Crippen LogP contribution in [0, 0.1) is 0 Å². The molecule has 4 aromatic rings. The van der Waals surface area contributed by atoms with E-state index in [1.54, 1.807) is 61.7 Å². The molecule has 4 rings (SSSR count). The SMILES string of the molecule is COc1ccc(C(=O)Oc2ccc3ccccc3c2/C=N/NC(=O)COc2ccc(Cl)cc2)cc1. The molecule has 1 amide bonds. The van der Waals surface area contributed by atoms with Crippen LogP contribution in [0.15, 0.2) is 90.0 Å². The number of fused-ring (bicyclic) bond motifs is 1. The van der Waals surface area contributed by atoms with Gasteiger partial charge < -0.3 is 14.2 Å². The first-order valence-electron chi connectivity index (χ1n) is 10.6. The molecule has 4 aromatic carbocycles. The summed E-state index contributed by atoms with van der Waals surface area (Å²) in [7, 11) is 1.55. The Kier molecular flexibility index (Phi) is 7.60. The summed E-state index contributed by atoms with van der Waals surface area (Å²) in [4.78, 5) is 24.9. The van der Waals surface area contributed by atoms with Crippen LogP contribution in [0.4, 0.5) is 0 Å². The zero-order chi connectivity index (χ0) is 24.6. The molecule has 0 unspecified atom stereocenters. The zero-order valence-corrected chi connectivity index (χ0v) is 19.5. The van der Waals surface area contributed by atoms with Crippen molar-refractivity contribution in [2.24, 2.45) is 5.10 Å². The van der Waals surface area contributed by atoms with Gasteiger partial charge in [0, 0.05) is 10.6 Å². The van der Waals surface area contributed by atoms with E-state index in [4.69, 9.17) is 25.8 Å². The Morgan fingerprint density at radius 3 is 2.37 bits per heavy atom. The average Bonchev–Trinajstić information content (AvgIpc) is 2.89. The molecule has 0 radical (unpaired) electrons. The third-order valence-electron chi connectivity index (χ3n) is 5.03. The van der Waals surface area contributed by atoms with Crippen molar-refractivity contribution in [1.82, 2.24) is 5.43 Å². The summed E-state index contributed by atoms with van der Waals surface area (Å²) in [5.41, 5.74) is 3.34. The van der Waals surface area contributed by atoms with Gasteiger partial charge in [-0.3, -0.25) is 4.79 Å². The molecule has 35 heavy (non-hydrogen) atoms. The van der Waals surface area contributed by atoms with Crippen molar-refractivity contribution in [3.05, 3.63) is 101 Å². The van der Waals surface area contributed by atoms with E-state index in [0.717, 1.165) is 10.8 Å². The fourth-order valence-electron chi connectivity index (χ4n) is 3.26. The molecule has 0 aliphatic rings. The van der Waals surface area contributed by atoms with E-state index in [1.165, 1.54) is 6.21 Å². The van der Waals surface area contributed by atoms with Gasteiger partial charge >= 0.3 is 5.97 Å². The molecule has 0 aliphatic heterocycles. The summed E-state index contributed by atoms with van der Waals surface area (Å²) >= 11 is 5.84. The molecule has 0 spiro atoms. The van der Waals surface area contributed by atoms with Crippen LogP contribution in [0.3, 0.4) is 0 Å². The largest absolute Gasteiger partial charge is 0.497 e. The maximum absolute atomic E-state index is 12.7. The summed E-state index contributed by atoms with van der Waals surface area (Å²) < 4.78 is 16.2. The predicted octanol–water partition coefficient (Wildman–Crippen LogP) is 5.25. The molecule has 8 heteroatoms. The first-order valence-corrected chi connectivity index (χ1v) is 11.0. The van der Waals surface area contributed by atoms with E-state index in [1.807, 2.05) is 30.3 Å². The number of hydrogen-bond acceptors (Lipinski definition) is 6. The van der Waals surface area contributed by atoms with Crippen LogP contribution >= 0.6 is 11.6 Å². The Morgan fingerprint density at radius 2 is 1.63 bits per heavy atom. The van der Waals surface area contributed by atoms with E-state index in [9.17, 15) is 9.59 Å². The molecule has 0 aromatic heterocycles. The van der Waals surface area contributed by atoms with Gasteiger partial charge in [0.2, 0.25) is 0 Å². The van der Waals surface area contributed by atoms with E-state index in [-0.39, 0.29) is 6.61 Å². The van der Waals surface area contributed by atoms with Crippen molar-refractivity contribution in [2.45, 2.75) is 0 Å². The van der Waals surface area contributed by atoms with Crippen LogP contribution < -0.4 is 19.6 Å². The highest BCUT2D eigenvalue weighted by molar-refractivity contribution is 6.30. The highest BCUT2D eigenvalue weighted by Gasteiger charge is 2.14. The summed E-state index contributed by atoms with van der Waals surface area (Å²) in [5, 5.41) is 6.36. The van der Waals surface area contributed by atoms with Crippen molar-refractivity contribution in [3.63, 3.8) is 0 Å². The van der Waals surface area contributed by atoms with Gasteiger partial charge in [0.15, 0.2) is 6.61 Å². The van der Waals surface area contributed by atoms with Crippen LogP contribution in [-0.4, -0.2) is 31.8 Å². The minimum absolute atomic E-state index is 0.228. The van der Waals surface area contributed by atoms with Crippen LogP contribution in [0.2, 0.25) is 5.02 Å². The molecule has 7 nitrogen and oxygen atoms in total. The van der Waals surface area contributed by atoms with E-state index in [0.29, 0.717) is 33.4 Å². The number of hydrogen-bond donors (Lipinski definition) is 1. The van der Waals surface area contributed by atoms with E-state index < -0.39 is 11.9 Å². The second-order valence-electron chi connectivity index (χ2n) is 7.35. The Morgan fingerprint density at radius 1 is 0.914 bits per heavy atom. The van der Waals surface area contributed by atoms with Crippen molar-refractivity contribution in [1.29, 1.82) is 0 Å². The van der Waals surface area contributed by atoms with Crippen LogP contribution in [0.1, 0.15) is 15.9 Å². The number of rotatable bonds is 8. The van der Waals surface area contributed by atoms with Gasteiger partial charge in [-0.25, -0.2) is 10.2 Å². The summed E-state index contributed by atoms with van der Waals surface area (Å²) in [6.07, 6.45) is 1.44. The Hall–Kier alpha value is -4.36. The number of nitrogens with zero attached hydrogens (tertiary/aromatic N) is 1. The fourth-order valence-corrected chi connectivity index (χ4v) is 3.39. The first kappa shape index (κ1) is 23.8. The Bertz CT molecular complexity index is 1370. The number of carbonyl (C=O) groups excluding carboxylic acids is 2. The fraction of sp³-hybridized carbons (Fsp3) is 0.0741. The molecule has 1 N–H and O–H groups in total. The van der Waals surface area contributed by atoms with Gasteiger partial charge in [0.1, 0.15) is 17.2 Å². The minimum Gasteiger partial charge on any atom is -0.497 e. The lowest BCUT2D eigenvalue weighted by Gasteiger charge is -2.11. The second-order valence-corrected chi connectivity index (χ2v) is 7.79. The van der Waals surface area contributed by atoms with Gasteiger partial charge in [0.05, 0.1) is 18.9 Å². The van der Waals surface area contributed by atoms with Gasteiger partial charge in [-0.15, -0.1) is 0 Å². The summed E-state index contributed by atoms with van der Waals surface area (Å²) in [6, 6.07) is 24.4. The van der Waals surface area contributed by atoms with Gasteiger partial charge in [-0.2, -0.15) is 5.10 Å². The molecule has 0 atom stereocenters.